The quantitative estimate of drug-likeness (QED) is 0.390. The Labute approximate surface area is 174 Å². The molecule has 0 aliphatic carbocycles. The van der Waals surface area contributed by atoms with Crippen LogP contribution >= 0.6 is 0 Å². The number of benzene rings is 2. The number of hydrogen-bond donors (Lipinski definition) is 1. The number of rotatable bonds is 13. The fourth-order valence-corrected chi connectivity index (χ4v) is 3.19. The average Bonchev–Trinajstić information content (AvgIpc) is 2.75. The number of unbranched alkanes of at least 4 members (excludes halogenated alkanes) is 6. The molecule has 5 heteroatoms. The summed E-state index contributed by atoms with van der Waals surface area (Å²) in [5.74, 6) is 1.76. The van der Waals surface area contributed by atoms with Crippen LogP contribution in [0, 0.1) is 0 Å². The van der Waals surface area contributed by atoms with Crippen LogP contribution in [0.1, 0.15) is 65.2 Å². The zero-order chi connectivity index (χ0) is 20.9. The molecule has 0 unspecified atom stereocenters. The van der Waals surface area contributed by atoms with Crippen molar-refractivity contribution in [1.29, 1.82) is 0 Å². The minimum atomic E-state index is -0.515. The minimum absolute atomic E-state index is 0.439. The largest absolute Gasteiger partial charge is 0.493 e. The summed E-state index contributed by atoms with van der Waals surface area (Å²) in [5.41, 5.74) is 0. The smallest absolute Gasteiger partial charge is 0.412 e. The van der Waals surface area contributed by atoms with E-state index in [0.29, 0.717) is 24.7 Å². The Balaban J connectivity index is 2.27. The van der Waals surface area contributed by atoms with E-state index in [-0.39, 0.29) is 0 Å². The number of nitrogens with one attached hydrogen (secondary N) is 1. The van der Waals surface area contributed by atoms with Crippen LogP contribution in [0.15, 0.2) is 30.3 Å². The van der Waals surface area contributed by atoms with E-state index >= 15 is 0 Å². The maximum Gasteiger partial charge on any atom is 0.412 e. The summed E-state index contributed by atoms with van der Waals surface area (Å²) in [7, 11) is 1.55. The van der Waals surface area contributed by atoms with Crippen LogP contribution in [0.2, 0.25) is 0 Å². The molecule has 2 aromatic rings. The molecule has 0 bridgehead atoms. The molecule has 0 fully saturated rings. The molecule has 1 N–H and O–H groups in total. The first-order valence-electron chi connectivity index (χ1n) is 10.9. The molecule has 29 heavy (non-hydrogen) atoms. The summed E-state index contributed by atoms with van der Waals surface area (Å²) in [4.78, 5) is 11.9. The fourth-order valence-electron chi connectivity index (χ4n) is 3.19. The van der Waals surface area contributed by atoms with Crippen molar-refractivity contribution >= 4 is 16.9 Å². The molecule has 0 aliphatic rings. The number of carbonyl (C=O) groups excluding carboxylic acids is 1. The van der Waals surface area contributed by atoms with Gasteiger partial charge in [-0.15, -0.1) is 0 Å². The molecule has 0 aromatic heterocycles. The second-order valence-corrected chi connectivity index (χ2v) is 7.21. The lowest BCUT2D eigenvalue weighted by Crippen LogP contribution is -2.22. The van der Waals surface area contributed by atoms with Gasteiger partial charge in [-0.05, 0) is 12.8 Å². The van der Waals surface area contributed by atoms with Crippen molar-refractivity contribution in [1.82, 2.24) is 5.32 Å². The second-order valence-electron chi connectivity index (χ2n) is 7.21. The molecule has 5 nitrogen and oxygen atoms in total. The summed E-state index contributed by atoms with van der Waals surface area (Å²) < 4.78 is 17.7. The van der Waals surface area contributed by atoms with Gasteiger partial charge in [-0.3, -0.25) is 0 Å². The van der Waals surface area contributed by atoms with E-state index in [1.54, 1.807) is 7.05 Å². The highest BCUT2D eigenvalue weighted by Gasteiger charge is 2.18. The number of fused-ring (bicyclic) bond motifs is 1. The Morgan fingerprint density at radius 1 is 0.828 bits per heavy atom. The fraction of sp³-hybridized carbons (Fsp3) is 0.542. The molecule has 0 aliphatic heterocycles. The predicted molar refractivity (Wildman–Crippen MR) is 118 cm³/mol. The third-order valence-corrected chi connectivity index (χ3v) is 4.83. The topological polar surface area (TPSA) is 56.8 Å². The third-order valence-electron chi connectivity index (χ3n) is 4.83. The lowest BCUT2D eigenvalue weighted by molar-refractivity contribution is 0.199. The van der Waals surface area contributed by atoms with E-state index in [9.17, 15) is 4.79 Å². The lowest BCUT2D eigenvalue weighted by atomic mass is 10.1. The van der Waals surface area contributed by atoms with Crippen molar-refractivity contribution in [2.45, 2.75) is 65.2 Å². The maximum atomic E-state index is 11.9. The minimum Gasteiger partial charge on any atom is -0.493 e. The summed E-state index contributed by atoms with van der Waals surface area (Å²) in [6, 6.07) is 9.66. The molecule has 2 rings (SSSR count). The number of ether oxygens (including phenoxy) is 3. The van der Waals surface area contributed by atoms with Gasteiger partial charge in [0.15, 0.2) is 11.5 Å². The molecule has 0 atom stereocenters. The van der Waals surface area contributed by atoms with Crippen LogP contribution in [0.25, 0.3) is 10.8 Å². The lowest BCUT2D eigenvalue weighted by Gasteiger charge is -2.17. The van der Waals surface area contributed by atoms with Crippen LogP contribution in [0.5, 0.6) is 17.2 Å². The Morgan fingerprint density at radius 2 is 1.41 bits per heavy atom. The first-order valence-corrected chi connectivity index (χ1v) is 10.9. The summed E-state index contributed by atoms with van der Waals surface area (Å²) in [6.07, 6.45) is 8.54. The van der Waals surface area contributed by atoms with Crippen molar-refractivity contribution in [3.63, 3.8) is 0 Å². The highest BCUT2D eigenvalue weighted by atomic mass is 16.6. The normalized spacial score (nSPS) is 10.7. The van der Waals surface area contributed by atoms with E-state index < -0.39 is 6.09 Å². The molecule has 160 valence electrons. The van der Waals surface area contributed by atoms with Gasteiger partial charge in [-0.25, -0.2) is 4.79 Å². The summed E-state index contributed by atoms with van der Waals surface area (Å²) >= 11 is 0. The molecular formula is C24H35NO4. The van der Waals surface area contributed by atoms with Gasteiger partial charge in [0.05, 0.1) is 13.2 Å². The number of hydrogen-bond acceptors (Lipinski definition) is 4. The van der Waals surface area contributed by atoms with Crippen molar-refractivity contribution in [3.05, 3.63) is 30.3 Å². The number of carbonyl (C=O) groups is 1. The molecule has 1 amide bonds. The molecule has 0 saturated heterocycles. The second kappa shape index (κ2) is 12.9. The highest BCUT2D eigenvalue weighted by molar-refractivity contribution is 5.97. The Bertz CT molecular complexity index is 760. The van der Waals surface area contributed by atoms with E-state index in [0.717, 1.165) is 42.2 Å². The molecule has 0 saturated carbocycles. The van der Waals surface area contributed by atoms with Crippen LogP contribution in [0.3, 0.4) is 0 Å². The van der Waals surface area contributed by atoms with E-state index in [1.165, 1.54) is 25.7 Å². The summed E-state index contributed by atoms with van der Waals surface area (Å²) in [6.45, 7) is 5.63. The first kappa shape index (κ1) is 22.9. The molecule has 0 spiro atoms. The SMILES string of the molecule is CCCCCCOc1cc(OCCCCCC)c2ccccc2c1OC(=O)NC. The Hall–Kier alpha value is -2.43. The van der Waals surface area contributed by atoms with Gasteiger partial charge in [-0.1, -0.05) is 76.6 Å². The van der Waals surface area contributed by atoms with Crippen molar-refractivity contribution in [2.24, 2.45) is 0 Å². The maximum absolute atomic E-state index is 11.9. The molecule has 0 radical (unpaired) electrons. The summed E-state index contributed by atoms with van der Waals surface area (Å²) in [5, 5.41) is 4.24. The van der Waals surface area contributed by atoms with Crippen LogP contribution in [-0.2, 0) is 0 Å². The van der Waals surface area contributed by atoms with Gasteiger partial charge in [0.1, 0.15) is 5.75 Å². The zero-order valence-corrected chi connectivity index (χ0v) is 18.1. The van der Waals surface area contributed by atoms with Gasteiger partial charge in [0.25, 0.3) is 0 Å². The molecule has 2 aromatic carbocycles. The van der Waals surface area contributed by atoms with E-state index in [1.807, 2.05) is 30.3 Å². The van der Waals surface area contributed by atoms with Crippen LogP contribution < -0.4 is 19.5 Å². The van der Waals surface area contributed by atoms with Crippen molar-refractivity contribution < 1.29 is 19.0 Å². The van der Waals surface area contributed by atoms with Gasteiger partial charge in [0.2, 0.25) is 0 Å². The molecule has 0 heterocycles. The van der Waals surface area contributed by atoms with Crippen LogP contribution in [0.4, 0.5) is 4.79 Å². The van der Waals surface area contributed by atoms with E-state index in [2.05, 4.69) is 19.2 Å². The zero-order valence-electron chi connectivity index (χ0n) is 18.1. The van der Waals surface area contributed by atoms with Gasteiger partial charge >= 0.3 is 6.09 Å². The van der Waals surface area contributed by atoms with Crippen molar-refractivity contribution in [3.8, 4) is 17.2 Å². The highest BCUT2D eigenvalue weighted by Crippen LogP contribution is 2.42. The monoisotopic (exact) mass is 401 g/mol. The Kier molecular flexibility index (Phi) is 10.2. The first-order chi connectivity index (χ1) is 14.2. The predicted octanol–water partition coefficient (Wildman–Crippen LogP) is 6.48. The standard InChI is InChI=1S/C24H35NO4/c1-4-6-8-12-16-27-21-18-22(28-17-13-9-7-5-2)23(29-24(26)25-3)20-15-11-10-14-19(20)21/h10-11,14-15,18H,4-9,12-13,16-17H2,1-3H3,(H,25,26). The van der Waals surface area contributed by atoms with E-state index in [4.69, 9.17) is 14.2 Å². The molecular weight excluding hydrogens is 366 g/mol. The van der Waals surface area contributed by atoms with Crippen molar-refractivity contribution in [2.75, 3.05) is 20.3 Å². The van der Waals surface area contributed by atoms with Gasteiger partial charge in [-0.2, -0.15) is 0 Å². The average molecular weight is 402 g/mol. The van der Waals surface area contributed by atoms with Gasteiger partial charge in [0, 0.05) is 23.9 Å². The third kappa shape index (κ3) is 7.15. The van der Waals surface area contributed by atoms with Crippen LogP contribution in [-0.4, -0.2) is 26.4 Å². The van der Waals surface area contributed by atoms with Gasteiger partial charge < -0.3 is 19.5 Å². The number of amides is 1. The Morgan fingerprint density at radius 3 is 2.00 bits per heavy atom.